The highest BCUT2D eigenvalue weighted by molar-refractivity contribution is 5.83. The Labute approximate surface area is 109 Å². The van der Waals surface area contributed by atoms with E-state index in [2.05, 4.69) is 13.5 Å². The summed E-state index contributed by atoms with van der Waals surface area (Å²) in [6.45, 7) is 8.01. The second-order valence-electron chi connectivity index (χ2n) is 6.38. The van der Waals surface area contributed by atoms with Crippen LogP contribution in [0.25, 0.3) is 0 Å². The summed E-state index contributed by atoms with van der Waals surface area (Å²) in [6, 6.07) is 0. The van der Waals surface area contributed by atoms with E-state index in [9.17, 15) is 15.0 Å². The van der Waals surface area contributed by atoms with Gasteiger partial charge in [-0.25, -0.2) is 0 Å². The Morgan fingerprint density at radius 1 is 1.50 bits per heavy atom. The molecule has 3 heteroatoms. The molecule has 2 fully saturated rings. The van der Waals surface area contributed by atoms with Gasteiger partial charge in [0, 0.05) is 12.3 Å². The summed E-state index contributed by atoms with van der Waals surface area (Å²) >= 11 is 0. The quantitative estimate of drug-likeness (QED) is 0.738. The minimum Gasteiger partial charge on any atom is -0.393 e. The van der Waals surface area contributed by atoms with E-state index < -0.39 is 0 Å². The van der Waals surface area contributed by atoms with Crippen LogP contribution in [0.4, 0.5) is 0 Å². The van der Waals surface area contributed by atoms with Crippen LogP contribution in [0.5, 0.6) is 0 Å². The summed E-state index contributed by atoms with van der Waals surface area (Å²) in [6.07, 6.45) is 2.61. The van der Waals surface area contributed by atoms with Gasteiger partial charge < -0.3 is 10.2 Å². The number of Topliss-reactive ketones (excluding diaryl/α,β-unsaturated/α-hetero) is 1. The number of rotatable bonds is 2. The SMILES string of the molecule is C=C(CO)[C@@H]1CC(=O)[C@H]2CC[C@@H](O)[C@H](C)[C@@]2(C)C1. The highest BCUT2D eigenvalue weighted by atomic mass is 16.3. The number of aliphatic hydroxyl groups excluding tert-OH is 2. The van der Waals surface area contributed by atoms with E-state index in [-0.39, 0.29) is 35.9 Å². The Morgan fingerprint density at radius 2 is 2.17 bits per heavy atom. The molecule has 0 aromatic heterocycles. The summed E-state index contributed by atoms with van der Waals surface area (Å²) in [7, 11) is 0. The molecule has 0 spiro atoms. The summed E-state index contributed by atoms with van der Waals surface area (Å²) in [5.74, 6) is 0.590. The number of aliphatic hydroxyl groups is 2. The van der Waals surface area contributed by atoms with E-state index in [1.165, 1.54) is 0 Å². The third-order valence-corrected chi connectivity index (χ3v) is 5.47. The fourth-order valence-corrected chi connectivity index (χ4v) is 3.94. The number of carbonyl (C=O) groups excluding carboxylic acids is 1. The molecule has 2 saturated carbocycles. The Morgan fingerprint density at radius 3 is 2.78 bits per heavy atom. The van der Waals surface area contributed by atoms with Crippen LogP contribution in [0.2, 0.25) is 0 Å². The third kappa shape index (κ3) is 2.04. The second-order valence-corrected chi connectivity index (χ2v) is 6.38. The summed E-state index contributed by atoms with van der Waals surface area (Å²) in [5.41, 5.74) is 0.616. The molecule has 102 valence electrons. The van der Waals surface area contributed by atoms with Crippen molar-refractivity contribution >= 4 is 5.78 Å². The molecule has 0 aromatic rings. The molecule has 18 heavy (non-hydrogen) atoms. The van der Waals surface area contributed by atoms with Crippen LogP contribution in [0, 0.1) is 23.2 Å². The van der Waals surface area contributed by atoms with E-state index in [0.29, 0.717) is 12.2 Å². The monoisotopic (exact) mass is 252 g/mol. The third-order valence-electron chi connectivity index (χ3n) is 5.47. The number of hydrogen-bond donors (Lipinski definition) is 2. The van der Waals surface area contributed by atoms with Crippen molar-refractivity contribution in [2.75, 3.05) is 6.61 Å². The lowest BCUT2D eigenvalue weighted by Gasteiger charge is -2.52. The fraction of sp³-hybridized carbons (Fsp3) is 0.800. The van der Waals surface area contributed by atoms with Gasteiger partial charge in [0.05, 0.1) is 12.7 Å². The van der Waals surface area contributed by atoms with Crippen molar-refractivity contribution in [2.45, 2.75) is 45.6 Å². The molecule has 0 saturated heterocycles. The normalized spacial score (nSPS) is 44.6. The Kier molecular flexibility index (Phi) is 3.65. The molecule has 0 bridgehead atoms. The van der Waals surface area contributed by atoms with E-state index >= 15 is 0 Å². The zero-order chi connectivity index (χ0) is 13.5. The summed E-state index contributed by atoms with van der Waals surface area (Å²) in [4.78, 5) is 12.3. The molecule has 0 heterocycles. The van der Waals surface area contributed by atoms with Gasteiger partial charge >= 0.3 is 0 Å². The number of carbonyl (C=O) groups is 1. The van der Waals surface area contributed by atoms with Crippen molar-refractivity contribution < 1.29 is 15.0 Å². The molecule has 2 aliphatic rings. The van der Waals surface area contributed by atoms with Gasteiger partial charge in [-0.15, -0.1) is 0 Å². The fourth-order valence-electron chi connectivity index (χ4n) is 3.94. The molecule has 2 aliphatic carbocycles. The maximum atomic E-state index is 12.3. The lowest BCUT2D eigenvalue weighted by molar-refractivity contribution is -0.144. The molecule has 2 rings (SSSR count). The van der Waals surface area contributed by atoms with Crippen LogP contribution >= 0.6 is 0 Å². The van der Waals surface area contributed by atoms with E-state index in [1.807, 2.05) is 6.92 Å². The first-order chi connectivity index (χ1) is 8.40. The van der Waals surface area contributed by atoms with Crippen molar-refractivity contribution in [1.82, 2.24) is 0 Å². The maximum absolute atomic E-state index is 12.3. The minimum absolute atomic E-state index is 0.0460. The zero-order valence-electron chi connectivity index (χ0n) is 11.4. The molecule has 0 radical (unpaired) electrons. The minimum atomic E-state index is -0.305. The van der Waals surface area contributed by atoms with Gasteiger partial charge in [0.25, 0.3) is 0 Å². The van der Waals surface area contributed by atoms with Crippen LogP contribution in [-0.2, 0) is 4.79 Å². The van der Waals surface area contributed by atoms with Crippen molar-refractivity contribution in [3.8, 4) is 0 Å². The smallest absolute Gasteiger partial charge is 0.137 e. The predicted octanol–water partition coefficient (Wildman–Crippen LogP) is 1.93. The van der Waals surface area contributed by atoms with Crippen LogP contribution in [0.15, 0.2) is 12.2 Å². The Bertz CT molecular complexity index is 363. The molecule has 2 N–H and O–H groups in total. The van der Waals surface area contributed by atoms with Gasteiger partial charge in [0.15, 0.2) is 0 Å². The molecule has 0 amide bonds. The number of hydrogen-bond acceptors (Lipinski definition) is 3. The van der Waals surface area contributed by atoms with Gasteiger partial charge in [0.2, 0.25) is 0 Å². The summed E-state index contributed by atoms with van der Waals surface area (Å²) in [5, 5.41) is 19.3. The van der Waals surface area contributed by atoms with Crippen molar-refractivity contribution in [2.24, 2.45) is 23.2 Å². The molecule has 5 atom stereocenters. The van der Waals surface area contributed by atoms with Crippen molar-refractivity contribution in [3.05, 3.63) is 12.2 Å². The molecule has 0 aliphatic heterocycles. The zero-order valence-corrected chi connectivity index (χ0v) is 11.4. The van der Waals surface area contributed by atoms with Crippen LogP contribution in [-0.4, -0.2) is 28.7 Å². The van der Waals surface area contributed by atoms with Crippen LogP contribution in [0.1, 0.15) is 39.5 Å². The first-order valence-corrected chi connectivity index (χ1v) is 6.89. The predicted molar refractivity (Wildman–Crippen MR) is 70.0 cm³/mol. The molecule has 0 aromatic carbocycles. The van der Waals surface area contributed by atoms with Gasteiger partial charge in [-0.05, 0) is 42.1 Å². The topological polar surface area (TPSA) is 57.5 Å². The number of ketones is 1. The lowest BCUT2D eigenvalue weighted by Crippen LogP contribution is -2.52. The summed E-state index contributed by atoms with van der Waals surface area (Å²) < 4.78 is 0. The Balaban J connectivity index is 2.27. The average molecular weight is 252 g/mol. The van der Waals surface area contributed by atoms with E-state index in [0.717, 1.165) is 24.8 Å². The highest BCUT2D eigenvalue weighted by Crippen LogP contribution is 2.54. The second kappa shape index (κ2) is 4.78. The van der Waals surface area contributed by atoms with Gasteiger partial charge in [0.1, 0.15) is 5.78 Å². The van der Waals surface area contributed by atoms with Gasteiger partial charge in [-0.1, -0.05) is 20.4 Å². The van der Waals surface area contributed by atoms with Crippen LogP contribution in [0.3, 0.4) is 0 Å². The lowest BCUT2D eigenvalue weighted by atomic mass is 9.52. The first-order valence-electron chi connectivity index (χ1n) is 6.89. The first kappa shape index (κ1) is 13.8. The molecule has 0 unspecified atom stereocenters. The van der Waals surface area contributed by atoms with Crippen molar-refractivity contribution in [1.29, 1.82) is 0 Å². The van der Waals surface area contributed by atoms with E-state index in [1.54, 1.807) is 0 Å². The average Bonchev–Trinajstić information content (AvgIpc) is 2.33. The van der Waals surface area contributed by atoms with Crippen LogP contribution < -0.4 is 0 Å². The standard InChI is InChI=1S/C15H24O3/c1-9(8-16)11-6-14(18)12-4-5-13(17)10(2)15(12,3)7-11/h10-13,16-17H,1,4-8H2,2-3H3/t10-,11+,12+,13+,15+/m0/s1. The van der Waals surface area contributed by atoms with Crippen molar-refractivity contribution in [3.63, 3.8) is 0 Å². The number of fused-ring (bicyclic) bond motifs is 1. The molecular formula is C15H24O3. The molecule has 3 nitrogen and oxygen atoms in total. The van der Waals surface area contributed by atoms with Gasteiger partial charge in [-0.3, -0.25) is 4.79 Å². The Hall–Kier alpha value is -0.670. The molecular weight excluding hydrogens is 228 g/mol. The maximum Gasteiger partial charge on any atom is 0.137 e. The van der Waals surface area contributed by atoms with Gasteiger partial charge in [-0.2, -0.15) is 0 Å². The largest absolute Gasteiger partial charge is 0.393 e. The van der Waals surface area contributed by atoms with E-state index in [4.69, 9.17) is 0 Å². The highest BCUT2D eigenvalue weighted by Gasteiger charge is 2.52.